The van der Waals surface area contributed by atoms with Gasteiger partial charge in [0.2, 0.25) is 5.91 Å². The number of rotatable bonds is 3. The van der Waals surface area contributed by atoms with Crippen molar-refractivity contribution < 1.29 is 14.0 Å². The summed E-state index contributed by atoms with van der Waals surface area (Å²) in [6.45, 7) is 5.52. The molecule has 3 amide bonds. The topological polar surface area (TPSA) is 61.4 Å². The van der Waals surface area contributed by atoms with Gasteiger partial charge in [-0.05, 0) is 54.9 Å². The molecule has 1 aromatic carbocycles. The molecule has 0 aromatic heterocycles. The lowest BCUT2D eigenvalue weighted by molar-refractivity contribution is -0.122. The minimum Gasteiger partial charge on any atom is -0.350 e. The Morgan fingerprint density at radius 1 is 1.33 bits per heavy atom. The van der Waals surface area contributed by atoms with Gasteiger partial charge in [0.1, 0.15) is 12.4 Å². The van der Waals surface area contributed by atoms with Crippen LogP contribution in [0.1, 0.15) is 20.8 Å². The van der Waals surface area contributed by atoms with Crippen LogP contribution >= 0.6 is 15.9 Å². The van der Waals surface area contributed by atoms with Gasteiger partial charge in [-0.2, -0.15) is 0 Å². The van der Waals surface area contributed by atoms with E-state index < -0.39 is 11.8 Å². The van der Waals surface area contributed by atoms with E-state index in [1.807, 2.05) is 20.8 Å². The summed E-state index contributed by atoms with van der Waals surface area (Å²) in [5.74, 6) is -0.656. The van der Waals surface area contributed by atoms with Gasteiger partial charge in [-0.1, -0.05) is 0 Å². The maximum absolute atomic E-state index is 13.0. The third-order valence-corrected chi connectivity index (χ3v) is 3.07. The molecule has 0 atom stereocenters. The second-order valence-corrected chi connectivity index (χ2v) is 6.56. The number of carbonyl (C=O) groups excluding carboxylic acids is 2. The Balaban J connectivity index is 2.61. The van der Waals surface area contributed by atoms with Crippen molar-refractivity contribution in [3.05, 3.63) is 28.5 Å². The number of carbonyl (C=O) groups is 2. The largest absolute Gasteiger partial charge is 0.350 e. The molecule has 0 unspecified atom stereocenters. The highest BCUT2D eigenvalue weighted by Gasteiger charge is 2.18. The number of anilines is 1. The van der Waals surface area contributed by atoms with Crippen molar-refractivity contribution in [3.63, 3.8) is 0 Å². The fourth-order valence-electron chi connectivity index (χ4n) is 1.55. The monoisotopic (exact) mass is 359 g/mol. The van der Waals surface area contributed by atoms with Crippen molar-refractivity contribution >= 4 is 33.6 Å². The lowest BCUT2D eigenvalue weighted by Crippen LogP contribution is -2.47. The molecule has 1 aromatic rings. The van der Waals surface area contributed by atoms with Gasteiger partial charge in [0.25, 0.3) is 0 Å². The second-order valence-electron chi connectivity index (χ2n) is 5.71. The van der Waals surface area contributed by atoms with E-state index in [1.54, 1.807) is 0 Å². The van der Waals surface area contributed by atoms with Gasteiger partial charge in [-0.15, -0.1) is 0 Å². The highest BCUT2D eigenvalue weighted by molar-refractivity contribution is 9.10. The first-order valence-electron chi connectivity index (χ1n) is 6.36. The van der Waals surface area contributed by atoms with E-state index in [0.29, 0.717) is 10.2 Å². The van der Waals surface area contributed by atoms with Crippen molar-refractivity contribution in [2.45, 2.75) is 26.3 Å². The number of hydrogen-bond donors (Lipinski definition) is 2. The van der Waals surface area contributed by atoms with Crippen LogP contribution in [0.15, 0.2) is 22.7 Å². The van der Waals surface area contributed by atoms with Crippen molar-refractivity contribution in [3.8, 4) is 0 Å². The van der Waals surface area contributed by atoms with Crippen molar-refractivity contribution in [1.29, 1.82) is 0 Å². The zero-order valence-corrected chi connectivity index (χ0v) is 14.0. The minimum absolute atomic E-state index is 0.0675. The SMILES string of the molecule is CN(CC(=O)NC(C)(C)C)C(=O)Nc1ccc(F)cc1Br. The zero-order valence-electron chi connectivity index (χ0n) is 12.5. The lowest BCUT2D eigenvalue weighted by atomic mass is 10.1. The standard InChI is InChI=1S/C14H19BrFN3O2/c1-14(2,3)18-12(20)8-19(4)13(21)17-11-6-5-9(16)7-10(11)15/h5-7H,8H2,1-4H3,(H,17,21)(H,18,20). The smallest absolute Gasteiger partial charge is 0.322 e. The number of nitrogens with one attached hydrogen (secondary N) is 2. The zero-order chi connectivity index (χ0) is 16.2. The molecule has 0 bridgehead atoms. The number of amides is 3. The summed E-state index contributed by atoms with van der Waals surface area (Å²) in [6, 6.07) is 3.49. The lowest BCUT2D eigenvalue weighted by Gasteiger charge is -2.23. The van der Waals surface area contributed by atoms with Crippen molar-refractivity contribution in [1.82, 2.24) is 10.2 Å². The van der Waals surface area contributed by atoms with Crippen LogP contribution in [0.25, 0.3) is 0 Å². The number of likely N-dealkylation sites (N-methyl/N-ethyl adjacent to an activating group) is 1. The van der Waals surface area contributed by atoms with Gasteiger partial charge in [-0.25, -0.2) is 9.18 Å². The van der Waals surface area contributed by atoms with E-state index in [0.717, 1.165) is 0 Å². The summed E-state index contributed by atoms with van der Waals surface area (Å²) in [6.07, 6.45) is 0. The van der Waals surface area contributed by atoms with Crippen LogP contribution in [-0.2, 0) is 4.79 Å². The van der Waals surface area contributed by atoms with Gasteiger partial charge in [0.15, 0.2) is 0 Å². The minimum atomic E-state index is -0.452. The maximum Gasteiger partial charge on any atom is 0.322 e. The Kier molecular flexibility index (Phi) is 5.71. The molecule has 0 aliphatic heterocycles. The summed E-state index contributed by atoms with van der Waals surface area (Å²) in [5.41, 5.74) is 0.0819. The van der Waals surface area contributed by atoms with Gasteiger partial charge in [-0.3, -0.25) is 4.79 Å². The molecule has 0 heterocycles. The molecule has 1 rings (SSSR count). The number of urea groups is 1. The molecule has 0 fully saturated rings. The van der Waals surface area contributed by atoms with Crippen LogP contribution in [0, 0.1) is 5.82 Å². The molecule has 7 heteroatoms. The van der Waals surface area contributed by atoms with Crippen LogP contribution in [-0.4, -0.2) is 36.0 Å². The molecule has 0 aliphatic carbocycles. The maximum atomic E-state index is 13.0. The first kappa shape index (κ1) is 17.4. The fraction of sp³-hybridized carbons (Fsp3) is 0.429. The predicted molar refractivity (Wildman–Crippen MR) is 83.6 cm³/mol. The first-order chi connectivity index (χ1) is 9.58. The van der Waals surface area contributed by atoms with E-state index in [1.165, 1.54) is 30.1 Å². The number of benzene rings is 1. The number of nitrogens with zero attached hydrogens (tertiary/aromatic N) is 1. The van der Waals surface area contributed by atoms with Crippen LogP contribution < -0.4 is 10.6 Å². The Hall–Kier alpha value is -1.63. The molecule has 0 saturated carbocycles. The molecule has 2 N–H and O–H groups in total. The molecule has 5 nitrogen and oxygen atoms in total. The fourth-order valence-corrected chi connectivity index (χ4v) is 2.00. The molecule has 0 aliphatic rings. The highest BCUT2D eigenvalue weighted by atomic mass is 79.9. The Morgan fingerprint density at radius 2 is 1.95 bits per heavy atom. The van der Waals surface area contributed by atoms with Crippen LogP contribution in [0.2, 0.25) is 0 Å². The third kappa shape index (κ3) is 6.12. The van der Waals surface area contributed by atoms with Crippen LogP contribution in [0.4, 0.5) is 14.9 Å². The third-order valence-electron chi connectivity index (χ3n) is 2.41. The van der Waals surface area contributed by atoms with Crippen molar-refractivity contribution in [2.75, 3.05) is 18.9 Å². The Morgan fingerprint density at radius 3 is 2.48 bits per heavy atom. The van der Waals surface area contributed by atoms with Crippen LogP contribution in [0.3, 0.4) is 0 Å². The van der Waals surface area contributed by atoms with Gasteiger partial charge in [0.05, 0.1) is 5.69 Å². The van der Waals surface area contributed by atoms with Gasteiger partial charge >= 0.3 is 6.03 Å². The number of hydrogen-bond acceptors (Lipinski definition) is 2. The summed E-state index contributed by atoms with van der Waals surface area (Å²) in [7, 11) is 1.51. The number of halogens is 2. The molecule has 116 valence electrons. The first-order valence-corrected chi connectivity index (χ1v) is 7.16. The Labute approximate surface area is 132 Å². The van der Waals surface area contributed by atoms with E-state index in [-0.39, 0.29) is 18.0 Å². The molecular formula is C14H19BrFN3O2. The molecular weight excluding hydrogens is 341 g/mol. The van der Waals surface area contributed by atoms with E-state index >= 15 is 0 Å². The van der Waals surface area contributed by atoms with Crippen LogP contribution in [0.5, 0.6) is 0 Å². The van der Waals surface area contributed by atoms with Crippen molar-refractivity contribution in [2.24, 2.45) is 0 Å². The second kappa shape index (κ2) is 6.89. The normalized spacial score (nSPS) is 11.0. The van der Waals surface area contributed by atoms with Gasteiger partial charge < -0.3 is 15.5 Å². The summed E-state index contributed by atoms with van der Waals surface area (Å²) < 4.78 is 13.4. The summed E-state index contributed by atoms with van der Waals surface area (Å²) in [4.78, 5) is 25.0. The molecule has 21 heavy (non-hydrogen) atoms. The summed E-state index contributed by atoms with van der Waals surface area (Å²) in [5, 5.41) is 5.37. The van der Waals surface area contributed by atoms with E-state index in [2.05, 4.69) is 26.6 Å². The average Bonchev–Trinajstić information content (AvgIpc) is 2.29. The predicted octanol–water partition coefficient (Wildman–Crippen LogP) is 2.97. The van der Waals surface area contributed by atoms with E-state index in [9.17, 15) is 14.0 Å². The summed E-state index contributed by atoms with van der Waals surface area (Å²) >= 11 is 3.16. The Bertz CT molecular complexity index is 544. The van der Waals surface area contributed by atoms with E-state index in [4.69, 9.17) is 0 Å². The molecule has 0 spiro atoms. The highest BCUT2D eigenvalue weighted by Crippen LogP contribution is 2.23. The molecule has 0 saturated heterocycles. The average molecular weight is 360 g/mol. The van der Waals surface area contributed by atoms with Gasteiger partial charge in [0, 0.05) is 17.1 Å². The molecule has 0 radical (unpaired) electrons. The quantitative estimate of drug-likeness (QED) is 0.871.